The Morgan fingerprint density at radius 2 is 1.54 bits per heavy atom. The first kappa shape index (κ1) is 19.1. The van der Waals surface area contributed by atoms with Gasteiger partial charge in [0.2, 0.25) is 0 Å². The van der Waals surface area contributed by atoms with E-state index >= 15 is 0 Å². The van der Waals surface area contributed by atoms with Gasteiger partial charge in [0.1, 0.15) is 0 Å². The Morgan fingerprint density at radius 3 is 2.21 bits per heavy atom. The maximum atomic E-state index is 13.1. The van der Waals surface area contributed by atoms with Gasteiger partial charge in [-0.05, 0) is 18.9 Å². The normalized spacial score (nSPS) is 19.4. The fourth-order valence-electron chi connectivity index (χ4n) is 3.96. The molecule has 2 aliphatic rings. The van der Waals surface area contributed by atoms with E-state index in [-0.39, 0.29) is 24.6 Å². The molecule has 0 spiro atoms. The van der Waals surface area contributed by atoms with Gasteiger partial charge in [0.05, 0.1) is 11.1 Å². The minimum absolute atomic E-state index is 0.230. The molecule has 0 aliphatic carbocycles. The molecule has 1 aromatic heterocycles. The summed E-state index contributed by atoms with van der Waals surface area (Å²) in [4.78, 5) is 27.0. The van der Waals surface area contributed by atoms with E-state index < -0.39 is 10.2 Å². The van der Waals surface area contributed by atoms with Crippen molar-refractivity contribution in [3.05, 3.63) is 46.2 Å². The van der Waals surface area contributed by atoms with E-state index in [0.29, 0.717) is 37.3 Å². The van der Waals surface area contributed by atoms with E-state index in [4.69, 9.17) is 0 Å². The summed E-state index contributed by atoms with van der Waals surface area (Å²) in [6.07, 6.45) is 1.79. The number of hydrogen-bond acceptors (Lipinski definition) is 4. The minimum atomic E-state index is -3.45. The number of rotatable bonds is 3. The van der Waals surface area contributed by atoms with Crippen LogP contribution in [0.3, 0.4) is 0 Å². The van der Waals surface area contributed by atoms with Crippen LogP contribution in [0.15, 0.2) is 35.1 Å². The lowest BCUT2D eigenvalue weighted by Crippen LogP contribution is -2.53. The number of fused-ring (bicyclic) bond motifs is 1. The van der Waals surface area contributed by atoms with Crippen LogP contribution in [0.4, 0.5) is 0 Å². The van der Waals surface area contributed by atoms with Crippen LogP contribution in [-0.4, -0.2) is 71.7 Å². The lowest BCUT2D eigenvalue weighted by atomic mass is 10.1. The molecule has 4 rings (SSSR count). The van der Waals surface area contributed by atoms with Crippen molar-refractivity contribution >= 4 is 27.0 Å². The summed E-state index contributed by atoms with van der Waals surface area (Å²) in [5.74, 6) is -0.230. The number of para-hydroxylation sites is 1. The Bertz CT molecular complexity index is 1070. The van der Waals surface area contributed by atoms with E-state index in [0.717, 1.165) is 18.2 Å². The van der Waals surface area contributed by atoms with Gasteiger partial charge in [0, 0.05) is 57.8 Å². The highest BCUT2D eigenvalue weighted by atomic mass is 32.2. The Balaban J connectivity index is 1.55. The molecular formula is C19H24N4O4S. The third-order valence-corrected chi connectivity index (χ3v) is 7.66. The smallest absolute Gasteiger partial charge is 0.282 e. The van der Waals surface area contributed by atoms with Gasteiger partial charge >= 0.3 is 0 Å². The summed E-state index contributed by atoms with van der Waals surface area (Å²) < 4.78 is 29.9. The predicted molar refractivity (Wildman–Crippen MR) is 106 cm³/mol. The van der Waals surface area contributed by atoms with Crippen LogP contribution in [0.2, 0.25) is 0 Å². The molecule has 3 heterocycles. The molecule has 0 unspecified atom stereocenters. The number of hydrogen-bond donors (Lipinski definition) is 0. The van der Waals surface area contributed by atoms with Crippen molar-refractivity contribution < 1.29 is 13.2 Å². The standard InChI is InChI=1S/C19H24N4O4S/c1-20-17-7-3-2-6-15(17)16(14-18(20)24)19(25)21-10-12-23(13-11-21)28(26,27)22-8-4-5-9-22/h2-3,6-7,14H,4-5,8-13H2,1H3. The van der Waals surface area contributed by atoms with Crippen LogP contribution in [-0.2, 0) is 17.3 Å². The largest absolute Gasteiger partial charge is 0.336 e. The van der Waals surface area contributed by atoms with E-state index in [1.807, 2.05) is 24.3 Å². The van der Waals surface area contributed by atoms with E-state index in [9.17, 15) is 18.0 Å². The van der Waals surface area contributed by atoms with Crippen LogP contribution >= 0.6 is 0 Å². The number of aryl methyl sites for hydroxylation is 1. The zero-order valence-electron chi connectivity index (χ0n) is 15.9. The molecule has 2 saturated heterocycles. The third-order valence-electron chi connectivity index (χ3n) is 5.63. The number of amides is 1. The number of carbonyl (C=O) groups excluding carboxylic acids is 1. The lowest BCUT2D eigenvalue weighted by Gasteiger charge is -2.36. The number of aromatic nitrogens is 1. The van der Waals surface area contributed by atoms with E-state index in [1.165, 1.54) is 19.2 Å². The minimum Gasteiger partial charge on any atom is -0.336 e. The molecule has 28 heavy (non-hydrogen) atoms. The zero-order valence-corrected chi connectivity index (χ0v) is 16.7. The van der Waals surface area contributed by atoms with Crippen molar-refractivity contribution in [1.82, 2.24) is 18.1 Å². The van der Waals surface area contributed by atoms with Crippen molar-refractivity contribution in [2.75, 3.05) is 39.3 Å². The van der Waals surface area contributed by atoms with Gasteiger partial charge in [0.15, 0.2) is 0 Å². The molecule has 0 atom stereocenters. The predicted octanol–water partition coefficient (Wildman–Crippen LogP) is 0.637. The summed E-state index contributed by atoms with van der Waals surface area (Å²) in [6.45, 7) is 2.31. The first-order valence-corrected chi connectivity index (χ1v) is 10.9. The average Bonchev–Trinajstić information content (AvgIpc) is 3.26. The molecule has 150 valence electrons. The van der Waals surface area contributed by atoms with Crippen molar-refractivity contribution in [1.29, 1.82) is 0 Å². The summed E-state index contributed by atoms with van der Waals surface area (Å²) in [5, 5.41) is 0.724. The molecule has 0 bridgehead atoms. The highest BCUT2D eigenvalue weighted by Crippen LogP contribution is 2.21. The Hall–Kier alpha value is -2.23. The van der Waals surface area contributed by atoms with Gasteiger partial charge in [-0.25, -0.2) is 0 Å². The molecule has 0 saturated carbocycles. The van der Waals surface area contributed by atoms with Crippen molar-refractivity contribution in [3.63, 3.8) is 0 Å². The van der Waals surface area contributed by atoms with Crippen LogP contribution in [0.1, 0.15) is 23.2 Å². The molecule has 9 heteroatoms. The molecule has 8 nitrogen and oxygen atoms in total. The van der Waals surface area contributed by atoms with Gasteiger partial charge in [-0.3, -0.25) is 9.59 Å². The first-order chi connectivity index (χ1) is 13.4. The van der Waals surface area contributed by atoms with Crippen molar-refractivity contribution in [2.45, 2.75) is 12.8 Å². The number of pyridine rings is 1. The molecule has 2 aliphatic heterocycles. The molecule has 1 aromatic carbocycles. The van der Waals surface area contributed by atoms with Gasteiger partial charge < -0.3 is 9.47 Å². The van der Waals surface area contributed by atoms with Crippen LogP contribution in [0.25, 0.3) is 10.9 Å². The Labute approximate surface area is 164 Å². The van der Waals surface area contributed by atoms with Crippen molar-refractivity contribution in [2.24, 2.45) is 7.05 Å². The van der Waals surface area contributed by atoms with E-state index in [2.05, 4.69) is 0 Å². The molecule has 2 aromatic rings. The number of carbonyl (C=O) groups is 1. The monoisotopic (exact) mass is 404 g/mol. The quantitative estimate of drug-likeness (QED) is 0.752. The van der Waals surface area contributed by atoms with Crippen molar-refractivity contribution in [3.8, 4) is 0 Å². The van der Waals surface area contributed by atoms with E-state index in [1.54, 1.807) is 11.9 Å². The fourth-order valence-corrected chi connectivity index (χ4v) is 5.63. The summed E-state index contributed by atoms with van der Waals surface area (Å²) in [7, 11) is -1.77. The Morgan fingerprint density at radius 1 is 0.929 bits per heavy atom. The number of nitrogens with zero attached hydrogens (tertiary/aromatic N) is 4. The maximum Gasteiger partial charge on any atom is 0.282 e. The van der Waals surface area contributed by atoms with Gasteiger partial charge in [-0.15, -0.1) is 0 Å². The average molecular weight is 404 g/mol. The molecule has 0 radical (unpaired) electrons. The second-order valence-corrected chi connectivity index (χ2v) is 9.21. The van der Waals surface area contributed by atoms with Crippen LogP contribution in [0.5, 0.6) is 0 Å². The number of piperazine rings is 1. The highest BCUT2D eigenvalue weighted by Gasteiger charge is 2.35. The van der Waals surface area contributed by atoms with Crippen LogP contribution < -0.4 is 5.56 Å². The van der Waals surface area contributed by atoms with Crippen LogP contribution in [0, 0.1) is 0 Å². The Kier molecular flexibility index (Phi) is 4.98. The summed E-state index contributed by atoms with van der Waals surface area (Å²) >= 11 is 0. The molecular weight excluding hydrogens is 380 g/mol. The first-order valence-electron chi connectivity index (χ1n) is 9.53. The van der Waals surface area contributed by atoms with Gasteiger partial charge in [-0.1, -0.05) is 18.2 Å². The SMILES string of the molecule is Cn1c(=O)cc(C(=O)N2CCN(S(=O)(=O)N3CCCC3)CC2)c2ccccc21. The summed E-state index contributed by atoms with van der Waals surface area (Å²) in [6, 6.07) is 8.68. The fraction of sp³-hybridized carbons (Fsp3) is 0.474. The second-order valence-electron chi connectivity index (χ2n) is 7.28. The third kappa shape index (κ3) is 3.23. The lowest BCUT2D eigenvalue weighted by molar-refractivity contribution is 0.0696. The second kappa shape index (κ2) is 7.31. The molecule has 2 fully saturated rings. The highest BCUT2D eigenvalue weighted by molar-refractivity contribution is 7.86. The number of benzene rings is 1. The topological polar surface area (TPSA) is 82.9 Å². The maximum absolute atomic E-state index is 13.1. The molecule has 0 N–H and O–H groups in total. The molecule has 1 amide bonds. The van der Waals surface area contributed by atoms with Gasteiger partial charge in [-0.2, -0.15) is 17.0 Å². The van der Waals surface area contributed by atoms with Gasteiger partial charge in [0.25, 0.3) is 21.7 Å². The summed E-state index contributed by atoms with van der Waals surface area (Å²) in [5.41, 5.74) is 0.834. The zero-order chi connectivity index (χ0) is 19.9.